The number of hydrogen-bond donors (Lipinski definition) is 3. The highest BCUT2D eigenvalue weighted by Crippen LogP contribution is 2.36. The highest BCUT2D eigenvalue weighted by Gasteiger charge is 2.36. The van der Waals surface area contributed by atoms with E-state index in [2.05, 4.69) is 20.6 Å². The van der Waals surface area contributed by atoms with Gasteiger partial charge in [-0.05, 0) is 30.9 Å². The Morgan fingerprint density at radius 3 is 3.00 bits per heavy atom. The molecule has 8 heteroatoms. The van der Waals surface area contributed by atoms with Gasteiger partial charge < -0.3 is 15.6 Å². The van der Waals surface area contributed by atoms with E-state index in [9.17, 15) is 18.4 Å². The second kappa shape index (κ2) is 6.54. The molecule has 0 aliphatic heterocycles. The Balaban J connectivity index is 1.54. The van der Waals surface area contributed by atoms with Crippen molar-refractivity contribution in [3.05, 3.63) is 24.5 Å². The molecule has 0 spiro atoms. The van der Waals surface area contributed by atoms with E-state index in [1.807, 2.05) is 0 Å². The van der Waals surface area contributed by atoms with Crippen LogP contribution in [0.3, 0.4) is 0 Å². The molecule has 3 N–H and O–H groups in total. The number of carbonyl (C=O) groups excluding carboxylic acids is 2. The van der Waals surface area contributed by atoms with E-state index in [4.69, 9.17) is 0 Å². The number of halogens is 2. The summed E-state index contributed by atoms with van der Waals surface area (Å²) < 4.78 is 26.7. The quantitative estimate of drug-likeness (QED) is 0.753. The number of aromatic nitrogens is 2. The van der Waals surface area contributed by atoms with Crippen LogP contribution in [0.5, 0.6) is 0 Å². The van der Waals surface area contributed by atoms with Crippen molar-refractivity contribution >= 4 is 28.5 Å². The summed E-state index contributed by atoms with van der Waals surface area (Å²) in [6, 6.07) is 3.54. The first kappa shape index (κ1) is 16.4. The minimum atomic E-state index is -2.67. The van der Waals surface area contributed by atoms with Crippen molar-refractivity contribution in [3.63, 3.8) is 0 Å². The van der Waals surface area contributed by atoms with Crippen LogP contribution in [-0.4, -0.2) is 34.2 Å². The Hall–Kier alpha value is -2.51. The summed E-state index contributed by atoms with van der Waals surface area (Å²) in [5.41, 5.74) is 1.68. The fraction of sp³-hybridized carbons (Fsp3) is 0.438. The van der Waals surface area contributed by atoms with E-state index >= 15 is 0 Å². The van der Waals surface area contributed by atoms with Gasteiger partial charge in [0.25, 0.3) is 0 Å². The SMILES string of the molecule is O=C(NCC1CCCC(F)(F)C1)C(=O)Nc1c[nH]c2cccnc12. The van der Waals surface area contributed by atoms with Crippen LogP contribution in [0.2, 0.25) is 0 Å². The number of nitrogens with zero attached hydrogens (tertiary/aromatic N) is 1. The highest BCUT2D eigenvalue weighted by atomic mass is 19.3. The summed E-state index contributed by atoms with van der Waals surface area (Å²) in [4.78, 5) is 30.9. The summed E-state index contributed by atoms with van der Waals surface area (Å²) in [5, 5.41) is 4.91. The minimum absolute atomic E-state index is 0.0774. The molecule has 2 aromatic rings. The molecule has 1 unspecified atom stereocenters. The number of nitrogens with one attached hydrogen (secondary N) is 3. The molecule has 1 saturated carbocycles. The molecule has 0 bridgehead atoms. The van der Waals surface area contributed by atoms with Crippen LogP contribution in [0.4, 0.5) is 14.5 Å². The van der Waals surface area contributed by atoms with Gasteiger partial charge in [-0.25, -0.2) is 8.78 Å². The molecule has 2 heterocycles. The van der Waals surface area contributed by atoms with Crippen molar-refractivity contribution in [1.29, 1.82) is 0 Å². The third kappa shape index (κ3) is 3.69. The molecule has 24 heavy (non-hydrogen) atoms. The van der Waals surface area contributed by atoms with Crippen molar-refractivity contribution in [2.75, 3.05) is 11.9 Å². The molecular formula is C16H18F2N4O2. The molecule has 1 atom stereocenters. The smallest absolute Gasteiger partial charge is 0.313 e. The van der Waals surface area contributed by atoms with Gasteiger partial charge in [-0.2, -0.15) is 0 Å². The van der Waals surface area contributed by atoms with Crippen LogP contribution in [0.15, 0.2) is 24.5 Å². The van der Waals surface area contributed by atoms with Crippen LogP contribution < -0.4 is 10.6 Å². The number of fused-ring (bicyclic) bond motifs is 1. The number of anilines is 1. The molecule has 0 aromatic carbocycles. The number of pyridine rings is 1. The molecule has 2 amide bonds. The van der Waals surface area contributed by atoms with Crippen molar-refractivity contribution in [2.45, 2.75) is 31.6 Å². The van der Waals surface area contributed by atoms with Crippen molar-refractivity contribution in [3.8, 4) is 0 Å². The lowest BCUT2D eigenvalue weighted by Gasteiger charge is -2.28. The average Bonchev–Trinajstić information content (AvgIpc) is 2.95. The Morgan fingerprint density at radius 1 is 1.38 bits per heavy atom. The van der Waals surface area contributed by atoms with Crippen LogP contribution in [0.1, 0.15) is 25.7 Å². The molecule has 0 radical (unpaired) electrons. The maximum Gasteiger partial charge on any atom is 0.313 e. The van der Waals surface area contributed by atoms with Gasteiger partial charge in [0.05, 0.1) is 11.2 Å². The second-order valence-corrected chi connectivity index (χ2v) is 6.08. The van der Waals surface area contributed by atoms with Gasteiger partial charge in [-0.15, -0.1) is 0 Å². The molecule has 1 aliphatic carbocycles. The number of H-pyrrole nitrogens is 1. The van der Waals surface area contributed by atoms with Gasteiger partial charge in [0.15, 0.2) is 0 Å². The fourth-order valence-electron chi connectivity index (χ4n) is 3.00. The van der Waals surface area contributed by atoms with Crippen LogP contribution >= 0.6 is 0 Å². The zero-order valence-corrected chi connectivity index (χ0v) is 12.9. The number of amides is 2. The molecule has 128 valence electrons. The lowest BCUT2D eigenvalue weighted by Crippen LogP contribution is -2.40. The van der Waals surface area contributed by atoms with E-state index < -0.39 is 17.7 Å². The molecule has 2 aromatic heterocycles. The first-order valence-electron chi connectivity index (χ1n) is 7.84. The van der Waals surface area contributed by atoms with Gasteiger partial charge in [-0.3, -0.25) is 14.6 Å². The van der Waals surface area contributed by atoms with Crippen molar-refractivity contribution in [2.24, 2.45) is 5.92 Å². The van der Waals surface area contributed by atoms with Crippen LogP contribution in [0, 0.1) is 5.92 Å². The maximum absolute atomic E-state index is 13.3. The van der Waals surface area contributed by atoms with Crippen LogP contribution in [0.25, 0.3) is 11.0 Å². The normalized spacial score (nSPS) is 19.8. The zero-order chi connectivity index (χ0) is 17.2. The Kier molecular flexibility index (Phi) is 4.46. The van der Waals surface area contributed by atoms with E-state index in [0.717, 1.165) is 5.52 Å². The van der Waals surface area contributed by atoms with Gasteiger partial charge in [0.1, 0.15) is 5.52 Å². The Labute approximate surface area is 137 Å². The van der Waals surface area contributed by atoms with E-state index in [-0.39, 0.29) is 25.3 Å². The molecule has 1 fully saturated rings. The summed E-state index contributed by atoms with van der Waals surface area (Å²) in [5.74, 6) is -4.66. The number of hydrogen-bond acceptors (Lipinski definition) is 3. The summed E-state index contributed by atoms with van der Waals surface area (Å²) in [6.45, 7) is 0.0774. The summed E-state index contributed by atoms with van der Waals surface area (Å²) in [6.07, 6.45) is 3.83. The van der Waals surface area contributed by atoms with Crippen LogP contribution in [-0.2, 0) is 9.59 Å². The maximum atomic E-state index is 13.3. The number of alkyl halides is 2. The zero-order valence-electron chi connectivity index (χ0n) is 12.9. The summed E-state index contributed by atoms with van der Waals surface area (Å²) >= 11 is 0. The predicted molar refractivity (Wildman–Crippen MR) is 84.6 cm³/mol. The topological polar surface area (TPSA) is 86.9 Å². The molecular weight excluding hydrogens is 318 g/mol. The largest absolute Gasteiger partial charge is 0.358 e. The number of aromatic amines is 1. The van der Waals surface area contributed by atoms with E-state index in [1.54, 1.807) is 24.5 Å². The van der Waals surface area contributed by atoms with Crippen molar-refractivity contribution < 1.29 is 18.4 Å². The van der Waals surface area contributed by atoms with E-state index in [0.29, 0.717) is 24.0 Å². The monoisotopic (exact) mass is 336 g/mol. The van der Waals surface area contributed by atoms with Gasteiger partial charge >= 0.3 is 11.8 Å². The first-order valence-corrected chi connectivity index (χ1v) is 7.84. The lowest BCUT2D eigenvalue weighted by atomic mass is 9.86. The molecule has 0 saturated heterocycles. The average molecular weight is 336 g/mol. The first-order chi connectivity index (χ1) is 11.4. The Bertz CT molecular complexity index is 759. The minimum Gasteiger partial charge on any atom is -0.358 e. The summed E-state index contributed by atoms with van der Waals surface area (Å²) in [7, 11) is 0. The highest BCUT2D eigenvalue weighted by molar-refractivity contribution is 6.40. The number of carbonyl (C=O) groups is 2. The predicted octanol–water partition coefficient (Wildman–Crippen LogP) is 2.44. The third-order valence-corrected chi connectivity index (χ3v) is 4.18. The van der Waals surface area contributed by atoms with Crippen molar-refractivity contribution in [1.82, 2.24) is 15.3 Å². The number of rotatable bonds is 3. The fourth-order valence-corrected chi connectivity index (χ4v) is 3.00. The standard InChI is InChI=1S/C16H18F2N4O2/c17-16(18)5-1-3-10(7-16)8-21-14(23)15(24)22-12-9-20-11-4-2-6-19-13(11)12/h2,4,6,9-10,20H,1,3,5,7-8H2,(H,21,23)(H,22,24). The molecule has 6 nitrogen and oxygen atoms in total. The van der Waals surface area contributed by atoms with Gasteiger partial charge in [0, 0.05) is 31.8 Å². The Morgan fingerprint density at radius 2 is 2.21 bits per heavy atom. The van der Waals surface area contributed by atoms with Gasteiger partial charge in [0.2, 0.25) is 5.92 Å². The van der Waals surface area contributed by atoms with Gasteiger partial charge in [-0.1, -0.05) is 0 Å². The third-order valence-electron chi connectivity index (χ3n) is 4.18. The second-order valence-electron chi connectivity index (χ2n) is 6.08. The lowest BCUT2D eigenvalue weighted by molar-refractivity contribution is -0.136. The van der Waals surface area contributed by atoms with E-state index in [1.165, 1.54) is 0 Å². The molecule has 3 rings (SSSR count). The molecule has 1 aliphatic rings.